The molecule has 3 amide bonds. The van der Waals surface area contributed by atoms with Crippen LogP contribution in [-0.4, -0.2) is 30.4 Å². The molecule has 1 atom stereocenters. The van der Waals surface area contributed by atoms with Crippen LogP contribution in [0.5, 0.6) is 5.75 Å². The van der Waals surface area contributed by atoms with Gasteiger partial charge in [0.25, 0.3) is 0 Å². The summed E-state index contributed by atoms with van der Waals surface area (Å²) < 4.78 is 5.39. The highest BCUT2D eigenvalue weighted by molar-refractivity contribution is 6.32. The smallest absolute Gasteiger partial charge is 0.249 e. The Morgan fingerprint density at radius 1 is 1.38 bits per heavy atom. The standard InChI is InChI=1S/C14H15ClN2O4/c15-9-3-1-2-4-11(9)21-8-7-13(19)16-10-5-6-12(18)17-14(10)20/h1-4,10H,5-8H2,(H,16,19)(H,17,18,20). The predicted octanol–water partition coefficient (Wildman–Crippen LogP) is 1.03. The van der Waals surface area contributed by atoms with E-state index < -0.39 is 11.9 Å². The van der Waals surface area contributed by atoms with E-state index in [-0.39, 0.29) is 31.3 Å². The number of carbonyl (C=O) groups excluding carboxylic acids is 3. The van der Waals surface area contributed by atoms with Crippen LogP contribution in [0.2, 0.25) is 5.02 Å². The third-order valence-electron chi connectivity index (χ3n) is 3.00. The average Bonchev–Trinajstić information content (AvgIpc) is 2.44. The lowest BCUT2D eigenvalue weighted by atomic mass is 10.1. The molecule has 2 rings (SSSR count). The molecule has 7 heteroatoms. The van der Waals surface area contributed by atoms with Crippen LogP contribution >= 0.6 is 11.6 Å². The molecule has 1 aliphatic rings. The molecular formula is C14H15ClN2O4. The summed E-state index contributed by atoms with van der Waals surface area (Å²) in [7, 11) is 0. The number of carbonyl (C=O) groups is 3. The molecule has 1 unspecified atom stereocenters. The summed E-state index contributed by atoms with van der Waals surface area (Å²) >= 11 is 5.92. The Morgan fingerprint density at radius 3 is 2.86 bits per heavy atom. The number of hydrogen-bond donors (Lipinski definition) is 2. The molecule has 1 aromatic rings. The molecule has 1 fully saturated rings. The largest absolute Gasteiger partial charge is 0.491 e. The van der Waals surface area contributed by atoms with E-state index in [2.05, 4.69) is 10.6 Å². The highest BCUT2D eigenvalue weighted by Crippen LogP contribution is 2.23. The van der Waals surface area contributed by atoms with Crippen molar-refractivity contribution in [3.63, 3.8) is 0 Å². The maximum Gasteiger partial charge on any atom is 0.249 e. The van der Waals surface area contributed by atoms with Crippen LogP contribution < -0.4 is 15.4 Å². The van der Waals surface area contributed by atoms with Crippen molar-refractivity contribution in [1.82, 2.24) is 10.6 Å². The van der Waals surface area contributed by atoms with E-state index in [4.69, 9.17) is 16.3 Å². The second-order valence-electron chi connectivity index (χ2n) is 4.60. The molecule has 1 heterocycles. The van der Waals surface area contributed by atoms with Crippen molar-refractivity contribution in [2.24, 2.45) is 0 Å². The topological polar surface area (TPSA) is 84.5 Å². The quantitative estimate of drug-likeness (QED) is 0.796. The van der Waals surface area contributed by atoms with Crippen molar-refractivity contribution in [2.45, 2.75) is 25.3 Å². The zero-order chi connectivity index (χ0) is 15.2. The fraction of sp³-hybridized carbons (Fsp3) is 0.357. The Morgan fingerprint density at radius 2 is 2.14 bits per heavy atom. The number of rotatable bonds is 5. The van der Waals surface area contributed by atoms with Crippen molar-refractivity contribution in [1.29, 1.82) is 0 Å². The highest BCUT2D eigenvalue weighted by Gasteiger charge is 2.27. The van der Waals surface area contributed by atoms with Gasteiger partial charge in [-0.2, -0.15) is 0 Å². The first-order chi connectivity index (χ1) is 10.1. The summed E-state index contributed by atoms with van der Waals surface area (Å²) in [6, 6.07) is 6.31. The van der Waals surface area contributed by atoms with Crippen molar-refractivity contribution in [2.75, 3.05) is 6.61 Å². The minimum Gasteiger partial charge on any atom is -0.491 e. The third kappa shape index (κ3) is 4.46. The number of ether oxygens (including phenoxy) is 1. The van der Waals surface area contributed by atoms with Crippen LogP contribution in [0.3, 0.4) is 0 Å². The average molecular weight is 311 g/mol. The van der Waals surface area contributed by atoms with Crippen molar-refractivity contribution in [3.8, 4) is 5.75 Å². The number of piperidine rings is 1. The number of para-hydroxylation sites is 1. The van der Waals surface area contributed by atoms with Gasteiger partial charge in [0, 0.05) is 6.42 Å². The Bertz CT molecular complexity index is 562. The summed E-state index contributed by atoms with van der Waals surface area (Å²) in [5.74, 6) is -0.580. The van der Waals surface area contributed by atoms with E-state index in [0.717, 1.165) is 0 Å². The van der Waals surface area contributed by atoms with Gasteiger partial charge in [-0.3, -0.25) is 19.7 Å². The summed E-state index contributed by atoms with van der Waals surface area (Å²) in [5.41, 5.74) is 0. The molecule has 0 radical (unpaired) electrons. The Balaban J connectivity index is 1.74. The lowest BCUT2D eigenvalue weighted by Crippen LogP contribution is -2.52. The zero-order valence-electron chi connectivity index (χ0n) is 11.2. The van der Waals surface area contributed by atoms with Crippen LogP contribution in [-0.2, 0) is 14.4 Å². The van der Waals surface area contributed by atoms with E-state index in [0.29, 0.717) is 17.2 Å². The number of halogens is 1. The van der Waals surface area contributed by atoms with Gasteiger partial charge in [-0.15, -0.1) is 0 Å². The Kier molecular flexibility index (Phi) is 5.16. The van der Waals surface area contributed by atoms with Gasteiger partial charge in [-0.1, -0.05) is 23.7 Å². The fourth-order valence-corrected chi connectivity index (χ4v) is 2.10. The SMILES string of the molecule is O=C1CCC(NC(=O)CCOc2ccccc2Cl)C(=O)N1. The van der Waals surface area contributed by atoms with Crippen molar-refractivity contribution >= 4 is 29.3 Å². The van der Waals surface area contributed by atoms with Gasteiger partial charge in [0.05, 0.1) is 18.1 Å². The van der Waals surface area contributed by atoms with Crippen molar-refractivity contribution < 1.29 is 19.1 Å². The van der Waals surface area contributed by atoms with Crippen molar-refractivity contribution in [3.05, 3.63) is 29.3 Å². The van der Waals surface area contributed by atoms with E-state index in [1.54, 1.807) is 24.3 Å². The highest BCUT2D eigenvalue weighted by atomic mass is 35.5. The van der Waals surface area contributed by atoms with E-state index in [1.807, 2.05) is 0 Å². The Hall–Kier alpha value is -2.08. The number of amides is 3. The van der Waals surface area contributed by atoms with Crippen LogP contribution in [0.1, 0.15) is 19.3 Å². The molecule has 0 spiro atoms. The van der Waals surface area contributed by atoms with Crippen LogP contribution in [0, 0.1) is 0 Å². The number of hydrogen-bond acceptors (Lipinski definition) is 4. The van der Waals surface area contributed by atoms with Gasteiger partial charge in [0.2, 0.25) is 17.7 Å². The number of benzene rings is 1. The molecule has 6 nitrogen and oxygen atoms in total. The monoisotopic (exact) mass is 310 g/mol. The summed E-state index contributed by atoms with van der Waals surface area (Å²) in [6.45, 7) is 0.156. The summed E-state index contributed by atoms with van der Waals surface area (Å²) in [5, 5.41) is 5.23. The van der Waals surface area contributed by atoms with Gasteiger partial charge in [0.1, 0.15) is 11.8 Å². The maximum absolute atomic E-state index is 11.7. The summed E-state index contributed by atoms with van der Waals surface area (Å²) in [6.07, 6.45) is 0.650. The zero-order valence-corrected chi connectivity index (χ0v) is 12.0. The molecular weight excluding hydrogens is 296 g/mol. The normalized spacial score (nSPS) is 18.0. The second-order valence-corrected chi connectivity index (χ2v) is 5.01. The van der Waals surface area contributed by atoms with Crippen LogP contribution in [0.15, 0.2) is 24.3 Å². The Labute approximate surface area is 126 Å². The van der Waals surface area contributed by atoms with Gasteiger partial charge in [-0.25, -0.2) is 0 Å². The van der Waals surface area contributed by atoms with E-state index >= 15 is 0 Å². The second kappa shape index (κ2) is 7.08. The van der Waals surface area contributed by atoms with E-state index in [9.17, 15) is 14.4 Å². The molecule has 21 heavy (non-hydrogen) atoms. The molecule has 1 aromatic carbocycles. The molecule has 0 bridgehead atoms. The minimum absolute atomic E-state index is 0.100. The molecule has 1 aliphatic heterocycles. The van der Waals surface area contributed by atoms with Gasteiger partial charge >= 0.3 is 0 Å². The molecule has 0 saturated carbocycles. The minimum atomic E-state index is -0.657. The third-order valence-corrected chi connectivity index (χ3v) is 3.31. The lowest BCUT2D eigenvalue weighted by Gasteiger charge is -2.21. The van der Waals surface area contributed by atoms with Crippen LogP contribution in [0.4, 0.5) is 0 Å². The summed E-state index contributed by atoms with van der Waals surface area (Å²) in [4.78, 5) is 34.2. The fourth-order valence-electron chi connectivity index (χ4n) is 1.91. The number of imide groups is 1. The molecule has 0 aliphatic carbocycles. The molecule has 2 N–H and O–H groups in total. The predicted molar refractivity (Wildman–Crippen MR) is 75.9 cm³/mol. The first-order valence-electron chi connectivity index (χ1n) is 6.56. The van der Waals surface area contributed by atoms with Crippen LogP contribution in [0.25, 0.3) is 0 Å². The molecule has 112 valence electrons. The molecule has 1 saturated heterocycles. The first kappa shape index (κ1) is 15.3. The number of nitrogens with one attached hydrogen (secondary N) is 2. The van der Waals surface area contributed by atoms with Gasteiger partial charge in [0.15, 0.2) is 0 Å². The molecule has 0 aromatic heterocycles. The first-order valence-corrected chi connectivity index (χ1v) is 6.94. The van der Waals surface area contributed by atoms with Gasteiger partial charge < -0.3 is 10.1 Å². The lowest BCUT2D eigenvalue weighted by molar-refractivity contribution is -0.137. The van der Waals surface area contributed by atoms with Gasteiger partial charge in [-0.05, 0) is 18.6 Å². The van der Waals surface area contributed by atoms with E-state index in [1.165, 1.54) is 0 Å². The maximum atomic E-state index is 11.7.